The highest BCUT2D eigenvalue weighted by Gasteiger charge is 2.51. The van der Waals surface area contributed by atoms with Gasteiger partial charge in [0.2, 0.25) is 0 Å². The molecule has 0 aromatic carbocycles. The van der Waals surface area contributed by atoms with Gasteiger partial charge in [0.1, 0.15) is 0 Å². The van der Waals surface area contributed by atoms with Gasteiger partial charge in [-0.15, -0.1) is 10.3 Å². The molecule has 1 heterocycles. The fraction of sp³-hybridized carbons (Fsp3) is 1.00. The number of hydroxylamine groups is 2. The minimum absolute atomic E-state index is 0.0942. The summed E-state index contributed by atoms with van der Waals surface area (Å²) in [4.78, 5) is 0. The smallest absolute Gasteiger partial charge is 0.0657 e. The summed E-state index contributed by atoms with van der Waals surface area (Å²) in [5.41, 5.74) is -0.436. The molecule has 0 bridgehead atoms. The molecule has 0 N–H and O–H groups in total. The predicted molar refractivity (Wildman–Crippen MR) is 55.3 cm³/mol. The minimum atomic E-state index is -0.342. The second-order valence-electron chi connectivity index (χ2n) is 5.12. The lowest BCUT2D eigenvalue weighted by Gasteiger charge is -2.53. The molecule has 0 aliphatic carbocycles. The molecule has 0 spiro atoms. The lowest BCUT2D eigenvalue weighted by atomic mass is 9.67. The highest BCUT2D eigenvalue weighted by molar-refractivity contribution is 5.01. The summed E-state index contributed by atoms with van der Waals surface area (Å²) in [5, 5.41) is 12.9. The zero-order valence-electron chi connectivity index (χ0n) is 9.96. The molecule has 83 valence electrons. The summed E-state index contributed by atoms with van der Waals surface area (Å²) in [6.45, 7) is 11.6. The second kappa shape index (κ2) is 3.80. The average molecular weight is 200 g/mol. The van der Waals surface area contributed by atoms with Gasteiger partial charge in [-0.25, -0.2) is 0 Å². The molecular formula is C11H22NO2. The molecule has 1 saturated heterocycles. The van der Waals surface area contributed by atoms with Gasteiger partial charge in [0.05, 0.1) is 11.6 Å². The van der Waals surface area contributed by atoms with E-state index in [2.05, 4.69) is 13.8 Å². The van der Waals surface area contributed by atoms with Crippen molar-refractivity contribution in [3.63, 3.8) is 0 Å². The Balaban J connectivity index is 2.85. The van der Waals surface area contributed by atoms with Crippen LogP contribution < -0.4 is 0 Å². The van der Waals surface area contributed by atoms with Gasteiger partial charge < -0.3 is 4.74 Å². The van der Waals surface area contributed by atoms with Crippen molar-refractivity contribution in [1.82, 2.24) is 5.06 Å². The lowest BCUT2D eigenvalue weighted by molar-refractivity contribution is -0.287. The molecule has 0 saturated carbocycles. The van der Waals surface area contributed by atoms with E-state index >= 15 is 0 Å². The highest BCUT2D eigenvalue weighted by atomic mass is 16.5. The number of nitrogens with zero attached hydrogens (tertiary/aromatic N) is 1. The fourth-order valence-corrected chi connectivity index (χ4v) is 2.08. The van der Waals surface area contributed by atoms with E-state index in [9.17, 15) is 5.21 Å². The van der Waals surface area contributed by atoms with E-state index in [1.807, 2.05) is 20.8 Å². The highest BCUT2D eigenvalue weighted by Crippen LogP contribution is 2.44. The molecule has 1 atom stereocenters. The Morgan fingerprint density at radius 2 is 1.93 bits per heavy atom. The van der Waals surface area contributed by atoms with Crippen molar-refractivity contribution in [3.8, 4) is 0 Å². The molecular weight excluding hydrogens is 178 g/mol. The predicted octanol–water partition coefficient (Wildman–Crippen LogP) is 2.25. The number of piperidine rings is 1. The van der Waals surface area contributed by atoms with Crippen LogP contribution in [0.5, 0.6) is 0 Å². The third-order valence-electron chi connectivity index (χ3n) is 3.97. The van der Waals surface area contributed by atoms with Gasteiger partial charge in [-0.3, -0.25) is 0 Å². The Morgan fingerprint density at radius 1 is 1.36 bits per heavy atom. The first-order chi connectivity index (χ1) is 6.34. The Kier molecular flexibility index (Phi) is 3.24. The van der Waals surface area contributed by atoms with Crippen molar-refractivity contribution in [2.45, 2.75) is 52.7 Å². The monoisotopic (exact) mass is 200 g/mol. The Hall–Kier alpha value is -0.120. The molecule has 0 amide bonds. The van der Waals surface area contributed by atoms with Crippen LogP contribution in [0.1, 0.15) is 41.0 Å². The summed E-state index contributed by atoms with van der Waals surface area (Å²) in [7, 11) is 0. The summed E-state index contributed by atoms with van der Waals surface area (Å²) < 4.78 is 5.72. The van der Waals surface area contributed by atoms with Crippen LogP contribution in [0.2, 0.25) is 0 Å². The lowest BCUT2D eigenvalue weighted by Crippen LogP contribution is -2.62. The van der Waals surface area contributed by atoms with Crippen molar-refractivity contribution < 1.29 is 9.94 Å². The molecule has 1 aliphatic rings. The topological polar surface area (TPSA) is 32.4 Å². The zero-order valence-corrected chi connectivity index (χ0v) is 9.96. The van der Waals surface area contributed by atoms with E-state index < -0.39 is 0 Å². The first kappa shape index (κ1) is 12.0. The van der Waals surface area contributed by atoms with Crippen LogP contribution in [0.3, 0.4) is 0 Å². The van der Waals surface area contributed by atoms with Crippen LogP contribution >= 0.6 is 0 Å². The second-order valence-corrected chi connectivity index (χ2v) is 5.12. The SMILES string of the molecule is CCOC1CCN([O])C(C)(C)C1(C)C. The molecule has 1 rings (SSSR count). The van der Waals surface area contributed by atoms with Crippen molar-refractivity contribution in [3.05, 3.63) is 0 Å². The molecule has 1 radical (unpaired) electrons. The van der Waals surface area contributed by atoms with Crippen LogP contribution in [-0.2, 0) is 9.94 Å². The van der Waals surface area contributed by atoms with Crippen LogP contribution in [0.4, 0.5) is 0 Å². The fourth-order valence-electron chi connectivity index (χ4n) is 2.08. The molecule has 1 unspecified atom stereocenters. The minimum Gasteiger partial charge on any atom is -0.378 e. The van der Waals surface area contributed by atoms with E-state index in [1.165, 1.54) is 5.06 Å². The number of hydrogen-bond acceptors (Lipinski definition) is 2. The van der Waals surface area contributed by atoms with Crippen molar-refractivity contribution >= 4 is 0 Å². The van der Waals surface area contributed by atoms with Gasteiger partial charge in [-0.2, -0.15) is 0 Å². The summed E-state index contributed by atoms with van der Waals surface area (Å²) in [5.74, 6) is 0. The van der Waals surface area contributed by atoms with E-state index in [0.29, 0.717) is 6.54 Å². The van der Waals surface area contributed by atoms with Crippen LogP contribution in [0.15, 0.2) is 0 Å². The first-order valence-corrected chi connectivity index (χ1v) is 5.40. The molecule has 1 aliphatic heterocycles. The third kappa shape index (κ3) is 1.69. The van der Waals surface area contributed by atoms with Crippen molar-refractivity contribution in [1.29, 1.82) is 0 Å². The normalized spacial score (nSPS) is 31.7. The summed E-state index contributed by atoms with van der Waals surface area (Å²) in [6.07, 6.45) is 1.04. The molecule has 0 aromatic heterocycles. The summed E-state index contributed by atoms with van der Waals surface area (Å²) in [6, 6.07) is 0. The standard InChI is InChI=1S/C11H22NO2/c1-6-14-9-7-8-12(13)11(4,5)10(9,2)3/h9H,6-8H2,1-5H3. The Bertz CT molecular complexity index is 201. The van der Waals surface area contributed by atoms with E-state index in [0.717, 1.165) is 13.0 Å². The Labute approximate surface area is 87.0 Å². The molecule has 3 heteroatoms. The van der Waals surface area contributed by atoms with E-state index in [-0.39, 0.29) is 17.1 Å². The maximum Gasteiger partial charge on any atom is 0.0657 e. The maximum absolute atomic E-state index is 11.7. The average Bonchev–Trinajstić information content (AvgIpc) is 2.08. The molecule has 3 nitrogen and oxygen atoms in total. The van der Waals surface area contributed by atoms with Gasteiger partial charge in [-0.05, 0) is 27.2 Å². The van der Waals surface area contributed by atoms with Gasteiger partial charge >= 0.3 is 0 Å². The van der Waals surface area contributed by atoms with Gasteiger partial charge in [0.15, 0.2) is 0 Å². The van der Waals surface area contributed by atoms with Crippen molar-refractivity contribution in [2.24, 2.45) is 5.41 Å². The van der Waals surface area contributed by atoms with Crippen LogP contribution in [0, 0.1) is 5.41 Å². The Morgan fingerprint density at radius 3 is 2.43 bits per heavy atom. The number of ether oxygens (including phenoxy) is 1. The maximum atomic E-state index is 11.7. The number of hydrogen-bond donors (Lipinski definition) is 0. The van der Waals surface area contributed by atoms with Gasteiger partial charge in [0.25, 0.3) is 0 Å². The van der Waals surface area contributed by atoms with Gasteiger partial charge in [0, 0.05) is 18.6 Å². The third-order valence-corrected chi connectivity index (χ3v) is 3.97. The largest absolute Gasteiger partial charge is 0.378 e. The first-order valence-electron chi connectivity index (χ1n) is 5.40. The summed E-state index contributed by atoms with van der Waals surface area (Å²) >= 11 is 0. The van der Waals surface area contributed by atoms with Gasteiger partial charge in [-0.1, -0.05) is 13.8 Å². The number of rotatable bonds is 2. The zero-order chi connectivity index (χ0) is 11.0. The molecule has 1 fully saturated rings. The van der Waals surface area contributed by atoms with Crippen LogP contribution in [0.25, 0.3) is 0 Å². The van der Waals surface area contributed by atoms with E-state index in [4.69, 9.17) is 4.74 Å². The van der Waals surface area contributed by atoms with Crippen molar-refractivity contribution in [2.75, 3.05) is 13.2 Å². The van der Waals surface area contributed by atoms with E-state index in [1.54, 1.807) is 0 Å². The molecule has 14 heavy (non-hydrogen) atoms. The molecule has 0 aromatic rings. The van der Waals surface area contributed by atoms with Crippen LogP contribution in [-0.4, -0.2) is 29.9 Å². The quantitative estimate of drug-likeness (QED) is 0.684.